The number of halogens is 2. The number of aromatic nitrogens is 1. The van der Waals surface area contributed by atoms with E-state index in [1.165, 1.54) is 18.6 Å². The first kappa shape index (κ1) is 18.9. The molecule has 4 atom stereocenters. The molecule has 29 heavy (non-hydrogen) atoms. The van der Waals surface area contributed by atoms with E-state index < -0.39 is 11.6 Å². The molecule has 3 aliphatic rings. The van der Waals surface area contributed by atoms with Crippen molar-refractivity contribution < 1.29 is 13.9 Å². The highest BCUT2D eigenvalue weighted by Gasteiger charge is 2.45. The van der Waals surface area contributed by atoms with Crippen LogP contribution in [0.5, 0.6) is 0 Å². The van der Waals surface area contributed by atoms with Gasteiger partial charge in [0.15, 0.2) is 0 Å². The van der Waals surface area contributed by atoms with Crippen LogP contribution >= 0.6 is 0 Å². The number of aliphatic hydroxyl groups is 1. The molecule has 4 heterocycles. The summed E-state index contributed by atoms with van der Waals surface area (Å²) >= 11 is 0. The van der Waals surface area contributed by atoms with Crippen molar-refractivity contribution in [1.82, 2.24) is 9.88 Å². The highest BCUT2D eigenvalue weighted by Crippen LogP contribution is 2.45. The monoisotopic (exact) mass is 399 g/mol. The minimum atomic E-state index is -0.486. The number of anilines is 1. The highest BCUT2D eigenvalue weighted by molar-refractivity contribution is 5.42. The van der Waals surface area contributed by atoms with Crippen LogP contribution in [-0.4, -0.2) is 40.7 Å². The molecule has 3 fully saturated rings. The van der Waals surface area contributed by atoms with Crippen molar-refractivity contribution in [2.45, 2.75) is 44.4 Å². The number of aliphatic hydroxyl groups excluding tert-OH is 1. The Labute approximate surface area is 170 Å². The number of hydrogen-bond donors (Lipinski definition) is 1. The van der Waals surface area contributed by atoms with Gasteiger partial charge in [0.25, 0.3) is 0 Å². The third-order valence-corrected chi connectivity index (χ3v) is 6.97. The second-order valence-corrected chi connectivity index (χ2v) is 8.86. The van der Waals surface area contributed by atoms with Crippen LogP contribution in [0.3, 0.4) is 0 Å². The van der Waals surface area contributed by atoms with E-state index in [0.29, 0.717) is 17.9 Å². The molecular weight excluding hydrogens is 372 g/mol. The molecule has 1 aromatic heterocycles. The Hall–Kier alpha value is -2.05. The summed E-state index contributed by atoms with van der Waals surface area (Å²) in [5.74, 6) is 1.02. The van der Waals surface area contributed by atoms with E-state index in [1.807, 2.05) is 12.1 Å². The van der Waals surface area contributed by atoms with E-state index in [2.05, 4.69) is 14.8 Å². The third kappa shape index (κ3) is 3.64. The first-order chi connectivity index (χ1) is 14.1. The molecule has 0 saturated carbocycles. The molecule has 5 rings (SSSR count). The molecule has 154 valence electrons. The van der Waals surface area contributed by atoms with Crippen molar-refractivity contribution in [3.05, 3.63) is 59.3 Å². The molecule has 2 aromatic rings. The second-order valence-electron chi connectivity index (χ2n) is 8.86. The van der Waals surface area contributed by atoms with Crippen molar-refractivity contribution in [1.29, 1.82) is 0 Å². The van der Waals surface area contributed by atoms with Crippen LogP contribution in [0.15, 0.2) is 36.5 Å². The molecule has 1 aromatic carbocycles. The zero-order valence-corrected chi connectivity index (χ0v) is 16.5. The Morgan fingerprint density at radius 1 is 1.03 bits per heavy atom. The lowest BCUT2D eigenvalue weighted by atomic mass is 9.74. The molecule has 6 heteroatoms. The van der Waals surface area contributed by atoms with Gasteiger partial charge in [-0.15, -0.1) is 0 Å². The highest BCUT2D eigenvalue weighted by atomic mass is 19.1. The smallest absolute Gasteiger partial charge is 0.128 e. The predicted molar refractivity (Wildman–Crippen MR) is 107 cm³/mol. The van der Waals surface area contributed by atoms with Crippen molar-refractivity contribution in [2.24, 2.45) is 11.8 Å². The van der Waals surface area contributed by atoms with E-state index in [0.717, 1.165) is 61.9 Å². The molecular formula is C23H27F2N3O. The molecule has 0 radical (unpaired) electrons. The molecule has 0 aliphatic carbocycles. The van der Waals surface area contributed by atoms with Gasteiger partial charge in [0, 0.05) is 44.0 Å². The van der Waals surface area contributed by atoms with Crippen LogP contribution in [0.1, 0.15) is 42.9 Å². The maximum atomic E-state index is 13.8. The quantitative estimate of drug-likeness (QED) is 0.850. The lowest BCUT2D eigenvalue weighted by Gasteiger charge is -2.55. The summed E-state index contributed by atoms with van der Waals surface area (Å²) in [6.45, 7) is 2.87. The number of pyridine rings is 1. The number of benzene rings is 1. The summed E-state index contributed by atoms with van der Waals surface area (Å²) in [5.41, 5.74) is 1.67. The first-order valence-electron chi connectivity index (χ1n) is 10.6. The zero-order valence-electron chi connectivity index (χ0n) is 16.5. The Morgan fingerprint density at radius 3 is 2.66 bits per heavy atom. The average molecular weight is 399 g/mol. The first-order valence-corrected chi connectivity index (χ1v) is 10.6. The second kappa shape index (κ2) is 7.65. The lowest BCUT2D eigenvalue weighted by molar-refractivity contribution is -0.0202. The van der Waals surface area contributed by atoms with Gasteiger partial charge in [0.1, 0.15) is 17.5 Å². The van der Waals surface area contributed by atoms with Crippen molar-refractivity contribution in [2.75, 3.05) is 24.5 Å². The average Bonchev–Trinajstić information content (AvgIpc) is 2.72. The fraction of sp³-hybridized carbons (Fsp3) is 0.522. The van der Waals surface area contributed by atoms with Gasteiger partial charge in [-0.3, -0.25) is 4.90 Å². The minimum absolute atomic E-state index is 0.0263. The van der Waals surface area contributed by atoms with Gasteiger partial charge in [-0.2, -0.15) is 0 Å². The Balaban J connectivity index is 1.39. The van der Waals surface area contributed by atoms with E-state index in [1.54, 1.807) is 6.20 Å². The number of rotatable bonds is 3. The normalized spacial score (nSPS) is 29.6. The SMILES string of the molecule is OCc1ccnc(N2C[C@@H]3C[C@H](C2)[C@@H]2CCC[C@H](c4cc(F)cc(F)c4)N2C3)c1. The van der Waals surface area contributed by atoms with Crippen LogP contribution in [0.25, 0.3) is 0 Å². The van der Waals surface area contributed by atoms with Crippen molar-refractivity contribution in [3.8, 4) is 0 Å². The Morgan fingerprint density at radius 2 is 1.86 bits per heavy atom. The number of piperidine rings is 3. The van der Waals surface area contributed by atoms with Crippen LogP contribution in [-0.2, 0) is 6.61 Å². The van der Waals surface area contributed by atoms with Crippen LogP contribution < -0.4 is 4.90 Å². The molecule has 2 bridgehead atoms. The van der Waals surface area contributed by atoms with Crippen LogP contribution in [0.4, 0.5) is 14.6 Å². The summed E-state index contributed by atoms with van der Waals surface area (Å²) < 4.78 is 27.7. The molecule has 3 saturated heterocycles. The lowest BCUT2D eigenvalue weighted by Crippen LogP contribution is -2.59. The van der Waals surface area contributed by atoms with Gasteiger partial charge in [-0.05, 0) is 72.9 Å². The van der Waals surface area contributed by atoms with E-state index >= 15 is 0 Å². The Kier molecular flexibility index (Phi) is 5.00. The summed E-state index contributed by atoms with van der Waals surface area (Å²) in [7, 11) is 0. The van der Waals surface area contributed by atoms with Gasteiger partial charge in [-0.1, -0.05) is 0 Å². The zero-order chi connectivity index (χ0) is 20.0. The summed E-state index contributed by atoms with van der Waals surface area (Å²) in [5, 5.41) is 9.45. The summed E-state index contributed by atoms with van der Waals surface area (Å²) in [6.07, 6.45) is 6.17. The van der Waals surface area contributed by atoms with Gasteiger partial charge >= 0.3 is 0 Å². The minimum Gasteiger partial charge on any atom is -0.392 e. The van der Waals surface area contributed by atoms with E-state index in [9.17, 15) is 13.9 Å². The molecule has 4 nitrogen and oxygen atoms in total. The molecule has 0 amide bonds. The van der Waals surface area contributed by atoms with Gasteiger partial charge in [0.2, 0.25) is 0 Å². The topological polar surface area (TPSA) is 39.6 Å². The number of nitrogens with zero attached hydrogens (tertiary/aromatic N) is 3. The molecule has 0 unspecified atom stereocenters. The summed E-state index contributed by atoms with van der Waals surface area (Å²) in [4.78, 5) is 9.44. The van der Waals surface area contributed by atoms with Gasteiger partial charge < -0.3 is 10.0 Å². The van der Waals surface area contributed by atoms with Gasteiger partial charge in [-0.25, -0.2) is 13.8 Å². The summed E-state index contributed by atoms with van der Waals surface area (Å²) in [6, 6.07) is 8.36. The molecule has 0 spiro atoms. The van der Waals surface area contributed by atoms with E-state index in [-0.39, 0.29) is 12.6 Å². The maximum Gasteiger partial charge on any atom is 0.128 e. The maximum absolute atomic E-state index is 13.8. The largest absolute Gasteiger partial charge is 0.392 e. The predicted octanol–water partition coefficient (Wildman–Crippen LogP) is 3.90. The standard InChI is InChI=1S/C23H27F2N3O/c24-19-8-17(9-20(25)10-19)21-2-1-3-22-18-6-16(12-28(21)22)11-27(13-18)23-7-15(14-29)4-5-26-23/h4-5,7-10,16,18,21-22,29H,1-3,6,11-14H2/t16-,18+,21+,22-/m0/s1. The van der Waals surface area contributed by atoms with Crippen LogP contribution in [0.2, 0.25) is 0 Å². The van der Waals surface area contributed by atoms with E-state index in [4.69, 9.17) is 0 Å². The number of hydrogen-bond acceptors (Lipinski definition) is 4. The Bertz CT molecular complexity index is 872. The van der Waals surface area contributed by atoms with Crippen molar-refractivity contribution in [3.63, 3.8) is 0 Å². The van der Waals surface area contributed by atoms with Crippen molar-refractivity contribution >= 4 is 5.82 Å². The van der Waals surface area contributed by atoms with Crippen LogP contribution in [0, 0.1) is 23.5 Å². The number of fused-ring (bicyclic) bond motifs is 4. The fourth-order valence-electron chi connectivity index (χ4n) is 5.85. The molecule has 3 aliphatic heterocycles. The third-order valence-electron chi connectivity index (χ3n) is 6.97. The van der Waals surface area contributed by atoms with Gasteiger partial charge in [0.05, 0.1) is 6.61 Å². The molecule has 1 N–H and O–H groups in total. The fourth-order valence-corrected chi connectivity index (χ4v) is 5.85.